The molecule has 14 heavy (non-hydrogen) atoms. The SMILES string of the molecule is CC(C)C(=O)C(C)(C)c1cccn1C. The minimum Gasteiger partial charge on any atom is -0.354 e. The van der Waals surface area contributed by atoms with Crippen molar-refractivity contribution in [1.29, 1.82) is 0 Å². The number of aryl methyl sites for hydroxylation is 1. The van der Waals surface area contributed by atoms with Gasteiger partial charge < -0.3 is 4.57 Å². The largest absolute Gasteiger partial charge is 0.354 e. The number of aromatic nitrogens is 1. The average molecular weight is 193 g/mol. The van der Waals surface area contributed by atoms with Crippen LogP contribution in [0.2, 0.25) is 0 Å². The lowest BCUT2D eigenvalue weighted by Gasteiger charge is -2.26. The van der Waals surface area contributed by atoms with Gasteiger partial charge in [-0.3, -0.25) is 4.79 Å². The van der Waals surface area contributed by atoms with Gasteiger partial charge in [-0.25, -0.2) is 0 Å². The van der Waals surface area contributed by atoms with Crippen LogP contribution in [0.25, 0.3) is 0 Å². The molecule has 0 unspecified atom stereocenters. The molecule has 1 aromatic heterocycles. The maximum atomic E-state index is 12.0. The van der Waals surface area contributed by atoms with Gasteiger partial charge in [0.25, 0.3) is 0 Å². The molecule has 1 aromatic rings. The van der Waals surface area contributed by atoms with Gasteiger partial charge in [0.15, 0.2) is 0 Å². The molecule has 1 rings (SSSR count). The van der Waals surface area contributed by atoms with Gasteiger partial charge in [0.1, 0.15) is 5.78 Å². The van der Waals surface area contributed by atoms with E-state index >= 15 is 0 Å². The lowest BCUT2D eigenvalue weighted by atomic mass is 9.79. The van der Waals surface area contributed by atoms with Crippen molar-refractivity contribution >= 4 is 5.78 Å². The predicted octanol–water partition coefficient (Wildman–Crippen LogP) is 2.53. The summed E-state index contributed by atoms with van der Waals surface area (Å²) >= 11 is 0. The van der Waals surface area contributed by atoms with Crippen LogP contribution >= 0.6 is 0 Å². The summed E-state index contributed by atoms with van der Waals surface area (Å²) in [6.07, 6.45) is 1.98. The van der Waals surface area contributed by atoms with Crippen LogP contribution in [0.3, 0.4) is 0 Å². The molecule has 78 valence electrons. The van der Waals surface area contributed by atoms with Crippen molar-refractivity contribution in [2.24, 2.45) is 13.0 Å². The fraction of sp³-hybridized carbons (Fsp3) is 0.583. The first-order chi connectivity index (χ1) is 6.37. The van der Waals surface area contributed by atoms with Crippen LogP contribution in [-0.2, 0) is 17.3 Å². The molecule has 0 aliphatic carbocycles. The molecule has 0 N–H and O–H groups in total. The molecular weight excluding hydrogens is 174 g/mol. The molecule has 0 amide bonds. The minimum absolute atomic E-state index is 0.0832. The zero-order valence-electron chi connectivity index (χ0n) is 9.66. The summed E-state index contributed by atoms with van der Waals surface area (Å²) < 4.78 is 2.01. The Balaban J connectivity index is 3.08. The topological polar surface area (TPSA) is 22.0 Å². The second-order valence-electron chi connectivity index (χ2n) is 4.65. The predicted molar refractivity (Wildman–Crippen MR) is 58.3 cm³/mol. The molecule has 0 atom stereocenters. The first-order valence-corrected chi connectivity index (χ1v) is 5.03. The number of nitrogens with zero attached hydrogens (tertiary/aromatic N) is 1. The summed E-state index contributed by atoms with van der Waals surface area (Å²) in [4.78, 5) is 12.0. The fourth-order valence-corrected chi connectivity index (χ4v) is 1.96. The first kappa shape index (κ1) is 11.0. The Hall–Kier alpha value is -1.05. The van der Waals surface area contributed by atoms with E-state index in [1.54, 1.807) is 0 Å². The van der Waals surface area contributed by atoms with Gasteiger partial charge >= 0.3 is 0 Å². The van der Waals surface area contributed by atoms with E-state index in [0.717, 1.165) is 5.69 Å². The van der Waals surface area contributed by atoms with Gasteiger partial charge in [0.05, 0.1) is 5.41 Å². The monoisotopic (exact) mass is 193 g/mol. The highest BCUT2D eigenvalue weighted by atomic mass is 16.1. The highest BCUT2D eigenvalue weighted by Crippen LogP contribution is 2.27. The van der Waals surface area contributed by atoms with E-state index in [-0.39, 0.29) is 11.3 Å². The van der Waals surface area contributed by atoms with Crippen LogP contribution in [0.1, 0.15) is 33.4 Å². The Morgan fingerprint density at radius 3 is 2.36 bits per heavy atom. The Bertz CT molecular complexity index is 334. The van der Waals surface area contributed by atoms with E-state index in [1.807, 2.05) is 57.6 Å². The molecule has 0 saturated heterocycles. The Labute approximate surface area is 85.9 Å². The molecule has 2 heteroatoms. The first-order valence-electron chi connectivity index (χ1n) is 5.03. The second kappa shape index (κ2) is 3.60. The molecule has 2 nitrogen and oxygen atoms in total. The van der Waals surface area contributed by atoms with Crippen molar-refractivity contribution in [3.63, 3.8) is 0 Å². The van der Waals surface area contributed by atoms with Gasteiger partial charge in [-0.15, -0.1) is 0 Å². The molecule has 0 saturated carbocycles. The van der Waals surface area contributed by atoms with Crippen molar-refractivity contribution in [2.45, 2.75) is 33.1 Å². The summed E-state index contributed by atoms with van der Waals surface area (Å²) in [6, 6.07) is 3.99. The minimum atomic E-state index is -0.383. The molecule has 0 spiro atoms. The molecular formula is C12H19NO. The second-order valence-corrected chi connectivity index (χ2v) is 4.65. The molecule has 0 aliphatic heterocycles. The zero-order chi connectivity index (χ0) is 10.9. The highest BCUT2D eigenvalue weighted by molar-refractivity contribution is 5.90. The van der Waals surface area contributed by atoms with Crippen LogP contribution in [0, 0.1) is 5.92 Å². The maximum Gasteiger partial charge on any atom is 0.146 e. The van der Waals surface area contributed by atoms with E-state index in [0.29, 0.717) is 5.78 Å². The number of rotatable bonds is 3. The summed E-state index contributed by atoms with van der Waals surface area (Å²) in [5, 5.41) is 0. The Morgan fingerprint density at radius 2 is 2.00 bits per heavy atom. The third kappa shape index (κ3) is 1.74. The van der Waals surface area contributed by atoms with Crippen LogP contribution in [-0.4, -0.2) is 10.4 Å². The normalized spacial score (nSPS) is 12.1. The lowest BCUT2D eigenvalue weighted by Crippen LogP contribution is -2.34. The van der Waals surface area contributed by atoms with Crippen LogP contribution in [0.5, 0.6) is 0 Å². The van der Waals surface area contributed by atoms with Crippen molar-refractivity contribution in [3.8, 4) is 0 Å². The summed E-state index contributed by atoms with van der Waals surface area (Å²) in [5.41, 5.74) is 0.697. The van der Waals surface area contributed by atoms with Crippen molar-refractivity contribution in [3.05, 3.63) is 24.0 Å². The molecule has 0 aliphatic rings. The van der Waals surface area contributed by atoms with Crippen molar-refractivity contribution in [1.82, 2.24) is 4.57 Å². The summed E-state index contributed by atoms with van der Waals surface area (Å²) in [7, 11) is 1.98. The van der Waals surface area contributed by atoms with E-state index < -0.39 is 0 Å². The quantitative estimate of drug-likeness (QED) is 0.723. The van der Waals surface area contributed by atoms with Gasteiger partial charge in [-0.2, -0.15) is 0 Å². The van der Waals surface area contributed by atoms with E-state index in [9.17, 15) is 4.79 Å². The highest BCUT2D eigenvalue weighted by Gasteiger charge is 2.32. The zero-order valence-corrected chi connectivity index (χ0v) is 9.66. The van der Waals surface area contributed by atoms with E-state index in [2.05, 4.69) is 0 Å². The number of carbonyl (C=O) groups is 1. The van der Waals surface area contributed by atoms with E-state index in [1.165, 1.54) is 0 Å². The van der Waals surface area contributed by atoms with Crippen molar-refractivity contribution < 1.29 is 4.79 Å². The molecule has 1 heterocycles. The maximum absolute atomic E-state index is 12.0. The molecule has 0 fully saturated rings. The van der Waals surface area contributed by atoms with Gasteiger partial charge in [-0.05, 0) is 26.0 Å². The van der Waals surface area contributed by atoms with E-state index in [4.69, 9.17) is 0 Å². The van der Waals surface area contributed by atoms with Crippen molar-refractivity contribution in [2.75, 3.05) is 0 Å². The van der Waals surface area contributed by atoms with Crippen LogP contribution < -0.4 is 0 Å². The molecule has 0 radical (unpaired) electrons. The van der Waals surface area contributed by atoms with Crippen LogP contribution in [0.4, 0.5) is 0 Å². The number of hydrogen-bond donors (Lipinski definition) is 0. The van der Waals surface area contributed by atoms with Gasteiger partial charge in [-0.1, -0.05) is 13.8 Å². The smallest absolute Gasteiger partial charge is 0.146 e. The van der Waals surface area contributed by atoms with Crippen LogP contribution in [0.15, 0.2) is 18.3 Å². The number of Topliss-reactive ketones (excluding diaryl/α,β-unsaturated/α-hetero) is 1. The third-order valence-corrected chi connectivity index (χ3v) is 2.72. The fourth-order valence-electron chi connectivity index (χ4n) is 1.96. The molecule has 0 aromatic carbocycles. The Morgan fingerprint density at radius 1 is 1.43 bits per heavy atom. The van der Waals surface area contributed by atoms with Gasteiger partial charge in [0.2, 0.25) is 0 Å². The summed E-state index contributed by atoms with van der Waals surface area (Å²) in [5.74, 6) is 0.374. The summed E-state index contributed by atoms with van der Waals surface area (Å²) in [6.45, 7) is 7.88. The number of carbonyl (C=O) groups excluding carboxylic acids is 1. The third-order valence-electron chi connectivity index (χ3n) is 2.72. The number of hydrogen-bond acceptors (Lipinski definition) is 1. The van der Waals surface area contributed by atoms with Gasteiger partial charge in [0, 0.05) is 24.9 Å². The average Bonchev–Trinajstić information content (AvgIpc) is 2.50. The lowest BCUT2D eigenvalue weighted by molar-refractivity contribution is -0.126. The standard InChI is InChI=1S/C12H19NO/c1-9(2)11(14)12(3,4)10-7-6-8-13(10)5/h6-9H,1-5H3. The number of ketones is 1. The Kier molecular flexibility index (Phi) is 2.84. The molecule has 0 bridgehead atoms.